The Morgan fingerprint density at radius 1 is 1.25 bits per heavy atom. The molecule has 0 aliphatic carbocycles. The van der Waals surface area contributed by atoms with E-state index in [9.17, 15) is 4.79 Å². The fourth-order valence-electron chi connectivity index (χ4n) is 1.35. The molecule has 2 nitrogen and oxygen atoms in total. The molecule has 0 heterocycles. The average molecular weight is 218 g/mol. The molecule has 0 radical (unpaired) electrons. The van der Waals surface area contributed by atoms with Crippen LogP contribution in [0.1, 0.15) is 36.5 Å². The Morgan fingerprint density at radius 3 is 2.69 bits per heavy atom. The maximum atomic E-state index is 11.5. The molecule has 1 aromatic rings. The van der Waals surface area contributed by atoms with E-state index in [4.69, 9.17) is 4.74 Å². The smallest absolute Gasteiger partial charge is 0.338 e. The summed E-state index contributed by atoms with van der Waals surface area (Å²) in [5, 5.41) is 0. The zero-order chi connectivity index (χ0) is 11.6. The minimum atomic E-state index is -0.230. The van der Waals surface area contributed by atoms with Gasteiger partial charge in [-0.05, 0) is 38.3 Å². The van der Waals surface area contributed by atoms with Gasteiger partial charge in [-0.15, -0.1) is 0 Å². The van der Waals surface area contributed by atoms with Crippen molar-refractivity contribution in [3.63, 3.8) is 0 Å². The van der Waals surface area contributed by atoms with Gasteiger partial charge in [0.2, 0.25) is 0 Å². The van der Waals surface area contributed by atoms with Crippen LogP contribution in [0.5, 0.6) is 0 Å². The summed E-state index contributed by atoms with van der Waals surface area (Å²) in [6.45, 7) is 2.51. The Balaban J connectivity index is 2.16. The number of unbranched alkanes of at least 4 members (excludes halogenated alkanes) is 2. The molecule has 0 bridgehead atoms. The van der Waals surface area contributed by atoms with Gasteiger partial charge in [0.05, 0.1) is 12.2 Å². The van der Waals surface area contributed by atoms with Crippen LogP contribution in [-0.2, 0) is 4.74 Å². The Kier molecular flexibility index (Phi) is 6.00. The van der Waals surface area contributed by atoms with Crippen molar-refractivity contribution in [1.29, 1.82) is 0 Å². The SMILES string of the molecule is C/C=C/CCCCOC(=O)c1ccccc1. The Hall–Kier alpha value is -1.57. The van der Waals surface area contributed by atoms with Crippen molar-refractivity contribution in [3.8, 4) is 0 Å². The molecule has 86 valence electrons. The maximum absolute atomic E-state index is 11.5. The summed E-state index contributed by atoms with van der Waals surface area (Å²) in [7, 11) is 0. The highest BCUT2D eigenvalue weighted by atomic mass is 16.5. The zero-order valence-electron chi connectivity index (χ0n) is 9.69. The highest BCUT2D eigenvalue weighted by molar-refractivity contribution is 5.89. The Labute approximate surface area is 96.9 Å². The average Bonchev–Trinajstić information content (AvgIpc) is 2.34. The lowest BCUT2D eigenvalue weighted by Crippen LogP contribution is -2.05. The lowest BCUT2D eigenvalue weighted by molar-refractivity contribution is 0.0498. The molecule has 0 N–H and O–H groups in total. The number of hydrogen-bond acceptors (Lipinski definition) is 2. The van der Waals surface area contributed by atoms with Gasteiger partial charge in [0.25, 0.3) is 0 Å². The van der Waals surface area contributed by atoms with Crippen LogP contribution in [0.2, 0.25) is 0 Å². The molecule has 0 amide bonds. The number of carbonyl (C=O) groups is 1. The van der Waals surface area contributed by atoms with Gasteiger partial charge >= 0.3 is 5.97 Å². The van der Waals surface area contributed by atoms with Gasteiger partial charge in [-0.1, -0.05) is 30.4 Å². The highest BCUT2D eigenvalue weighted by Gasteiger charge is 2.04. The first kappa shape index (κ1) is 12.5. The molecule has 1 rings (SSSR count). The van der Waals surface area contributed by atoms with Crippen molar-refractivity contribution >= 4 is 5.97 Å². The van der Waals surface area contributed by atoms with E-state index in [0.29, 0.717) is 12.2 Å². The van der Waals surface area contributed by atoms with Crippen molar-refractivity contribution < 1.29 is 9.53 Å². The summed E-state index contributed by atoms with van der Waals surface area (Å²) in [5.74, 6) is -0.230. The van der Waals surface area contributed by atoms with E-state index in [1.165, 1.54) is 0 Å². The molecule has 0 spiro atoms. The van der Waals surface area contributed by atoms with Crippen LogP contribution in [0.15, 0.2) is 42.5 Å². The molecule has 2 heteroatoms. The maximum Gasteiger partial charge on any atom is 0.338 e. The Bertz CT molecular complexity index is 328. The minimum absolute atomic E-state index is 0.230. The van der Waals surface area contributed by atoms with Gasteiger partial charge in [-0.2, -0.15) is 0 Å². The normalized spacial score (nSPS) is 10.6. The first-order valence-corrected chi connectivity index (χ1v) is 5.68. The molecule has 0 atom stereocenters. The summed E-state index contributed by atoms with van der Waals surface area (Å²) in [4.78, 5) is 11.5. The lowest BCUT2D eigenvalue weighted by Gasteiger charge is -2.03. The third-order valence-corrected chi connectivity index (χ3v) is 2.24. The van der Waals surface area contributed by atoms with Crippen LogP contribution in [0.25, 0.3) is 0 Å². The van der Waals surface area contributed by atoms with Crippen LogP contribution in [0.3, 0.4) is 0 Å². The van der Waals surface area contributed by atoms with Gasteiger partial charge in [-0.25, -0.2) is 4.79 Å². The second-order valence-corrected chi connectivity index (χ2v) is 3.57. The third-order valence-electron chi connectivity index (χ3n) is 2.24. The van der Waals surface area contributed by atoms with Crippen LogP contribution in [0, 0.1) is 0 Å². The molecule has 0 unspecified atom stereocenters. The molecule has 0 saturated heterocycles. The molecule has 0 aliphatic heterocycles. The highest BCUT2D eigenvalue weighted by Crippen LogP contribution is 2.03. The lowest BCUT2D eigenvalue weighted by atomic mass is 10.2. The van der Waals surface area contributed by atoms with Gasteiger partial charge in [-0.3, -0.25) is 0 Å². The molecule has 0 aliphatic rings. The molecule has 0 aromatic heterocycles. The molecule has 1 aromatic carbocycles. The minimum Gasteiger partial charge on any atom is -0.462 e. The number of hydrogen-bond donors (Lipinski definition) is 0. The second-order valence-electron chi connectivity index (χ2n) is 3.57. The summed E-state index contributed by atoms with van der Waals surface area (Å²) in [6, 6.07) is 9.09. The Morgan fingerprint density at radius 2 is 2.00 bits per heavy atom. The predicted octanol–water partition coefficient (Wildman–Crippen LogP) is 3.59. The van der Waals surface area contributed by atoms with E-state index >= 15 is 0 Å². The number of benzene rings is 1. The number of esters is 1. The molecule has 0 saturated carbocycles. The summed E-state index contributed by atoms with van der Waals surface area (Å²) >= 11 is 0. The second kappa shape index (κ2) is 7.69. The summed E-state index contributed by atoms with van der Waals surface area (Å²) < 4.78 is 5.15. The van der Waals surface area contributed by atoms with Crippen LogP contribution < -0.4 is 0 Å². The molecule has 16 heavy (non-hydrogen) atoms. The number of rotatable bonds is 6. The van der Waals surface area contributed by atoms with E-state index in [2.05, 4.69) is 6.08 Å². The van der Waals surface area contributed by atoms with Crippen molar-refractivity contribution in [2.75, 3.05) is 6.61 Å². The molecular weight excluding hydrogens is 200 g/mol. The van der Waals surface area contributed by atoms with E-state index in [1.807, 2.05) is 31.2 Å². The summed E-state index contributed by atoms with van der Waals surface area (Å²) in [6.07, 6.45) is 7.20. The van der Waals surface area contributed by atoms with Crippen molar-refractivity contribution in [1.82, 2.24) is 0 Å². The van der Waals surface area contributed by atoms with Crippen LogP contribution in [-0.4, -0.2) is 12.6 Å². The van der Waals surface area contributed by atoms with Gasteiger partial charge < -0.3 is 4.74 Å². The van der Waals surface area contributed by atoms with E-state index in [-0.39, 0.29) is 5.97 Å². The quantitative estimate of drug-likeness (QED) is 0.414. The van der Waals surface area contributed by atoms with Gasteiger partial charge in [0.15, 0.2) is 0 Å². The molecule has 0 fully saturated rings. The number of carbonyl (C=O) groups excluding carboxylic acids is 1. The largest absolute Gasteiger partial charge is 0.462 e. The van der Waals surface area contributed by atoms with Crippen molar-refractivity contribution in [2.45, 2.75) is 26.2 Å². The van der Waals surface area contributed by atoms with E-state index < -0.39 is 0 Å². The first-order chi connectivity index (χ1) is 7.84. The first-order valence-electron chi connectivity index (χ1n) is 5.68. The van der Waals surface area contributed by atoms with Crippen molar-refractivity contribution in [2.24, 2.45) is 0 Å². The fraction of sp³-hybridized carbons (Fsp3) is 0.357. The zero-order valence-corrected chi connectivity index (χ0v) is 9.69. The summed E-state index contributed by atoms with van der Waals surface area (Å²) in [5.41, 5.74) is 0.621. The van der Waals surface area contributed by atoms with Gasteiger partial charge in [0, 0.05) is 0 Å². The van der Waals surface area contributed by atoms with Crippen LogP contribution in [0.4, 0.5) is 0 Å². The number of ether oxygens (including phenoxy) is 1. The van der Waals surface area contributed by atoms with E-state index in [1.54, 1.807) is 12.1 Å². The van der Waals surface area contributed by atoms with E-state index in [0.717, 1.165) is 19.3 Å². The fourth-order valence-corrected chi connectivity index (χ4v) is 1.35. The van der Waals surface area contributed by atoms with Crippen molar-refractivity contribution in [3.05, 3.63) is 48.0 Å². The standard InChI is InChI=1S/C14H18O2/c1-2-3-4-5-9-12-16-14(15)13-10-7-6-8-11-13/h2-3,6-8,10-11H,4-5,9,12H2,1H3/b3-2+. The predicted molar refractivity (Wildman–Crippen MR) is 65.4 cm³/mol. The van der Waals surface area contributed by atoms with Crippen LogP contribution >= 0.6 is 0 Å². The van der Waals surface area contributed by atoms with Gasteiger partial charge in [0.1, 0.15) is 0 Å². The monoisotopic (exact) mass is 218 g/mol. The topological polar surface area (TPSA) is 26.3 Å². The third kappa shape index (κ3) is 4.78. The molecular formula is C14H18O2. The number of allylic oxidation sites excluding steroid dienone is 2.